The highest BCUT2D eigenvalue weighted by atomic mass is 32.2. The molecule has 2 N–H and O–H groups in total. The van der Waals surface area contributed by atoms with E-state index in [4.69, 9.17) is 4.42 Å². The lowest BCUT2D eigenvalue weighted by molar-refractivity contribution is -0.122. The Balaban J connectivity index is 1.58. The summed E-state index contributed by atoms with van der Waals surface area (Å²) in [4.78, 5) is 43.9. The monoisotopic (exact) mass is 596 g/mol. The van der Waals surface area contributed by atoms with Crippen LogP contribution in [0.15, 0.2) is 63.9 Å². The van der Waals surface area contributed by atoms with Crippen molar-refractivity contribution in [2.75, 3.05) is 11.0 Å². The normalized spacial score (nSPS) is 12.2. The Morgan fingerprint density at radius 1 is 1.10 bits per heavy atom. The summed E-state index contributed by atoms with van der Waals surface area (Å²) in [5.41, 5.74) is 1.03. The fourth-order valence-corrected chi connectivity index (χ4v) is 4.73. The zero-order valence-corrected chi connectivity index (χ0v) is 24.1. The topological polar surface area (TPSA) is 166 Å². The van der Waals surface area contributed by atoms with E-state index in [1.807, 2.05) is 31.2 Å². The lowest BCUT2D eigenvalue weighted by Crippen LogP contribution is -2.46. The molecule has 2 aromatic carbocycles. The predicted octanol–water partition coefficient (Wildman–Crippen LogP) is 2.73. The molecule has 0 radical (unpaired) electrons. The lowest BCUT2D eigenvalue weighted by atomic mass is 9.99. The van der Waals surface area contributed by atoms with Gasteiger partial charge in [-0.05, 0) is 42.7 Å². The molecule has 0 saturated heterocycles. The molecule has 0 bridgehead atoms. The molecule has 0 aliphatic rings. The van der Waals surface area contributed by atoms with Gasteiger partial charge in [-0.25, -0.2) is 17.8 Å². The number of rotatable bonds is 11. The summed E-state index contributed by atoms with van der Waals surface area (Å²) in [5, 5.41) is 10.4. The first-order valence-corrected chi connectivity index (χ1v) is 14.7. The van der Waals surface area contributed by atoms with Crippen LogP contribution in [0.2, 0.25) is 0 Å². The molecule has 42 heavy (non-hydrogen) atoms. The maximum Gasteiger partial charge on any atom is 0.286 e. The number of ketones is 1. The second-order valence-corrected chi connectivity index (χ2v) is 11.8. The van der Waals surface area contributed by atoms with Gasteiger partial charge in [-0.3, -0.25) is 23.7 Å². The van der Waals surface area contributed by atoms with Gasteiger partial charge in [0.25, 0.3) is 11.4 Å². The van der Waals surface area contributed by atoms with Crippen LogP contribution in [0.3, 0.4) is 0 Å². The number of nitrogens with zero attached hydrogens (tertiary/aromatic N) is 4. The van der Waals surface area contributed by atoms with Crippen LogP contribution in [-0.2, 0) is 27.8 Å². The molecule has 4 aromatic rings. The fraction of sp³-hybridized carbons (Fsp3) is 0.286. The average Bonchev–Trinajstić information content (AvgIpc) is 3.37. The highest BCUT2D eigenvalue weighted by Gasteiger charge is 2.30. The Hall–Kier alpha value is -4.72. The van der Waals surface area contributed by atoms with Crippen LogP contribution in [0.25, 0.3) is 11.4 Å². The first kappa shape index (κ1) is 30.2. The number of carbonyl (C=O) groups excluding carboxylic acids is 2. The van der Waals surface area contributed by atoms with E-state index in [1.165, 1.54) is 12.1 Å². The van der Waals surface area contributed by atoms with Gasteiger partial charge < -0.3 is 9.73 Å². The number of benzene rings is 2. The maximum absolute atomic E-state index is 13.5. The van der Waals surface area contributed by atoms with Crippen molar-refractivity contribution < 1.29 is 26.8 Å². The lowest BCUT2D eigenvalue weighted by Gasteiger charge is -2.20. The number of amides is 1. The minimum absolute atomic E-state index is 0.0145. The molecule has 14 heteroatoms. The summed E-state index contributed by atoms with van der Waals surface area (Å²) in [6, 6.07) is 11.6. The summed E-state index contributed by atoms with van der Waals surface area (Å²) in [6.45, 7) is 4.74. The number of carbonyl (C=O) groups is 2. The van der Waals surface area contributed by atoms with Gasteiger partial charge in [0.1, 0.15) is 23.9 Å². The van der Waals surface area contributed by atoms with Crippen molar-refractivity contribution in [1.29, 1.82) is 0 Å². The van der Waals surface area contributed by atoms with Crippen molar-refractivity contribution in [3.05, 3.63) is 93.8 Å². The first-order chi connectivity index (χ1) is 19.8. The Morgan fingerprint density at radius 3 is 2.45 bits per heavy atom. The van der Waals surface area contributed by atoms with Crippen LogP contribution in [0.5, 0.6) is 0 Å². The van der Waals surface area contributed by atoms with E-state index in [0.717, 1.165) is 40.3 Å². The van der Waals surface area contributed by atoms with Crippen molar-refractivity contribution in [2.24, 2.45) is 5.92 Å². The number of Topliss-reactive ketones (excluding diaryl/α,β-unsaturated/α-hetero) is 1. The number of halogens is 1. The molecule has 1 unspecified atom stereocenters. The molecule has 0 aliphatic carbocycles. The van der Waals surface area contributed by atoms with E-state index < -0.39 is 51.6 Å². The summed E-state index contributed by atoms with van der Waals surface area (Å²) in [7, 11) is -3.84. The molecule has 0 spiro atoms. The highest BCUT2D eigenvalue weighted by molar-refractivity contribution is 7.92. The number of aromatic nitrogens is 4. The van der Waals surface area contributed by atoms with E-state index in [-0.39, 0.29) is 23.3 Å². The van der Waals surface area contributed by atoms with Gasteiger partial charge in [-0.15, -0.1) is 10.2 Å². The van der Waals surface area contributed by atoms with Gasteiger partial charge in [0.2, 0.25) is 27.6 Å². The van der Waals surface area contributed by atoms with Crippen molar-refractivity contribution in [2.45, 2.75) is 39.8 Å². The summed E-state index contributed by atoms with van der Waals surface area (Å²) < 4.78 is 45.7. The van der Waals surface area contributed by atoms with Crippen LogP contribution < -0.4 is 15.6 Å². The fourth-order valence-electron chi connectivity index (χ4n) is 4.19. The molecule has 1 atom stereocenters. The van der Waals surface area contributed by atoms with Gasteiger partial charge in [-0.1, -0.05) is 43.7 Å². The van der Waals surface area contributed by atoms with Crippen molar-refractivity contribution >= 4 is 27.4 Å². The van der Waals surface area contributed by atoms with Gasteiger partial charge in [0.05, 0.1) is 24.9 Å². The Morgan fingerprint density at radius 2 is 1.81 bits per heavy atom. The maximum atomic E-state index is 13.5. The van der Waals surface area contributed by atoms with E-state index in [2.05, 4.69) is 25.2 Å². The van der Waals surface area contributed by atoms with Crippen molar-refractivity contribution in [1.82, 2.24) is 25.1 Å². The number of hydrogen-bond acceptors (Lipinski definition) is 9. The standard InChI is InChI=1S/C28H29FN6O6S/c1-16(2)24(25(37)27-33-32-23(41-27)13-18-7-5-6-17(3)12-18)31-22(36)15-35-26(19-8-10-20(29)11-9-19)30-14-21(28(35)38)34-42(4,39)40/h5-12,14,16,24,34H,13,15H2,1-4H3,(H,31,36). The third-order valence-corrected chi connectivity index (χ3v) is 6.72. The molecule has 220 valence electrons. The van der Waals surface area contributed by atoms with Crippen LogP contribution in [-0.4, -0.2) is 52.2 Å². The number of sulfonamides is 1. The largest absolute Gasteiger partial charge is 0.418 e. The van der Waals surface area contributed by atoms with E-state index in [9.17, 15) is 27.2 Å². The third kappa shape index (κ3) is 7.51. The molecule has 12 nitrogen and oxygen atoms in total. The Labute approximate surface area is 241 Å². The third-order valence-electron chi connectivity index (χ3n) is 6.13. The zero-order chi connectivity index (χ0) is 30.6. The number of aryl methyl sites for hydroxylation is 1. The zero-order valence-electron chi connectivity index (χ0n) is 23.3. The Bertz CT molecular complexity index is 1780. The average molecular weight is 597 g/mol. The van der Waals surface area contributed by atoms with Gasteiger partial charge >= 0.3 is 0 Å². The molecule has 2 aromatic heterocycles. The molecule has 0 aliphatic heterocycles. The van der Waals surface area contributed by atoms with Gasteiger partial charge in [-0.2, -0.15) is 0 Å². The van der Waals surface area contributed by atoms with Gasteiger partial charge in [0, 0.05) is 5.56 Å². The second-order valence-electron chi connectivity index (χ2n) is 10.1. The SMILES string of the molecule is Cc1cccc(Cc2nnc(C(=O)C(NC(=O)Cn3c(-c4ccc(F)cc4)ncc(NS(C)(=O)=O)c3=O)C(C)C)o2)c1. The van der Waals surface area contributed by atoms with Crippen molar-refractivity contribution in [3.8, 4) is 11.4 Å². The highest BCUT2D eigenvalue weighted by Crippen LogP contribution is 2.18. The predicted molar refractivity (Wildman–Crippen MR) is 152 cm³/mol. The molecular formula is C28H29FN6O6S. The van der Waals surface area contributed by atoms with Crippen LogP contribution in [0.4, 0.5) is 10.1 Å². The first-order valence-electron chi connectivity index (χ1n) is 12.9. The smallest absolute Gasteiger partial charge is 0.286 e. The summed E-state index contributed by atoms with van der Waals surface area (Å²) in [5.74, 6) is -2.35. The number of anilines is 1. The molecule has 0 fully saturated rings. The molecule has 2 heterocycles. The van der Waals surface area contributed by atoms with E-state index in [1.54, 1.807) is 13.8 Å². The summed E-state index contributed by atoms with van der Waals surface area (Å²) in [6.07, 6.45) is 2.20. The second kappa shape index (κ2) is 12.4. The number of nitrogens with one attached hydrogen (secondary N) is 2. The molecular weight excluding hydrogens is 567 g/mol. The molecule has 1 amide bonds. The van der Waals surface area contributed by atoms with Crippen LogP contribution in [0, 0.1) is 18.7 Å². The van der Waals surface area contributed by atoms with Gasteiger partial charge in [0.15, 0.2) is 0 Å². The van der Waals surface area contributed by atoms with E-state index in [0.29, 0.717) is 12.0 Å². The van der Waals surface area contributed by atoms with Crippen molar-refractivity contribution in [3.63, 3.8) is 0 Å². The quantitative estimate of drug-likeness (QED) is 0.248. The summed E-state index contributed by atoms with van der Waals surface area (Å²) >= 11 is 0. The number of hydrogen-bond donors (Lipinski definition) is 2. The van der Waals surface area contributed by atoms with E-state index >= 15 is 0 Å². The van der Waals surface area contributed by atoms with Crippen LogP contribution in [0.1, 0.15) is 41.6 Å². The molecule has 0 saturated carbocycles. The minimum atomic E-state index is -3.84. The van der Waals surface area contributed by atoms with Crippen LogP contribution >= 0.6 is 0 Å². The minimum Gasteiger partial charge on any atom is -0.418 e. The Kier molecular flexibility index (Phi) is 8.95. The molecule has 4 rings (SSSR count).